The first-order valence-electron chi connectivity index (χ1n) is 9.32. The van der Waals surface area contributed by atoms with E-state index in [-0.39, 0.29) is 5.02 Å². The van der Waals surface area contributed by atoms with Gasteiger partial charge in [-0.1, -0.05) is 11.6 Å². The first-order chi connectivity index (χ1) is 13.6. The fourth-order valence-electron chi connectivity index (χ4n) is 3.05. The third kappa shape index (κ3) is 6.38. The fraction of sp³-hybridized carbons (Fsp3) is 0.400. The maximum Gasteiger partial charge on any atom is 0.173 e. The van der Waals surface area contributed by atoms with Gasteiger partial charge < -0.3 is 15.0 Å². The van der Waals surface area contributed by atoms with Crippen LogP contribution in [0.2, 0.25) is 5.02 Å². The van der Waals surface area contributed by atoms with Crippen LogP contribution < -0.4 is 5.32 Å². The van der Waals surface area contributed by atoms with Gasteiger partial charge in [0.05, 0.1) is 18.2 Å². The Hall–Kier alpha value is -1.80. The molecule has 1 fully saturated rings. The molecule has 5 nitrogen and oxygen atoms in total. The number of morpholine rings is 1. The van der Waals surface area contributed by atoms with E-state index < -0.39 is 5.82 Å². The van der Waals surface area contributed by atoms with Crippen LogP contribution in [0.1, 0.15) is 12.0 Å². The van der Waals surface area contributed by atoms with Crippen LogP contribution in [-0.2, 0) is 11.3 Å². The molecule has 3 rings (SSSR count). The van der Waals surface area contributed by atoms with Gasteiger partial charge in [-0.3, -0.25) is 9.88 Å². The van der Waals surface area contributed by atoms with Gasteiger partial charge in [-0.05, 0) is 54.5 Å². The summed E-state index contributed by atoms with van der Waals surface area (Å²) in [7, 11) is 0. The highest BCUT2D eigenvalue weighted by atomic mass is 35.5. The quantitative estimate of drug-likeness (QED) is 0.684. The molecule has 0 saturated carbocycles. The van der Waals surface area contributed by atoms with E-state index in [0.717, 1.165) is 51.4 Å². The fourth-order valence-corrected chi connectivity index (χ4v) is 3.50. The van der Waals surface area contributed by atoms with Gasteiger partial charge in [0.1, 0.15) is 5.82 Å². The van der Waals surface area contributed by atoms with E-state index in [9.17, 15) is 4.39 Å². The third-order valence-electron chi connectivity index (χ3n) is 4.59. The molecular weight excluding hydrogens is 399 g/mol. The van der Waals surface area contributed by atoms with Crippen LogP contribution in [0, 0.1) is 5.82 Å². The number of halogens is 2. The predicted molar refractivity (Wildman–Crippen MR) is 114 cm³/mol. The van der Waals surface area contributed by atoms with Gasteiger partial charge in [0.2, 0.25) is 0 Å². The average molecular weight is 423 g/mol. The Labute approximate surface area is 175 Å². The van der Waals surface area contributed by atoms with E-state index in [2.05, 4.69) is 20.1 Å². The molecule has 0 bridgehead atoms. The summed E-state index contributed by atoms with van der Waals surface area (Å²) in [5, 5.41) is 3.83. The zero-order valence-corrected chi connectivity index (χ0v) is 17.2. The van der Waals surface area contributed by atoms with Crippen LogP contribution in [0.25, 0.3) is 0 Å². The zero-order chi connectivity index (χ0) is 19.8. The second-order valence-corrected chi connectivity index (χ2v) is 7.44. The highest BCUT2D eigenvalue weighted by molar-refractivity contribution is 7.80. The molecule has 1 aliphatic heterocycles. The summed E-state index contributed by atoms with van der Waals surface area (Å²) in [6.45, 7) is 6.02. The van der Waals surface area contributed by atoms with E-state index in [1.807, 2.05) is 12.1 Å². The molecule has 0 aliphatic carbocycles. The lowest BCUT2D eigenvalue weighted by Gasteiger charge is -2.29. The van der Waals surface area contributed by atoms with Crippen molar-refractivity contribution in [3.05, 3.63) is 59.1 Å². The van der Waals surface area contributed by atoms with Gasteiger partial charge in [0, 0.05) is 50.8 Å². The van der Waals surface area contributed by atoms with Crippen LogP contribution >= 0.6 is 23.8 Å². The van der Waals surface area contributed by atoms with Gasteiger partial charge in [-0.15, -0.1) is 0 Å². The highest BCUT2D eigenvalue weighted by Crippen LogP contribution is 2.20. The average Bonchev–Trinajstić information content (AvgIpc) is 2.71. The van der Waals surface area contributed by atoms with Crippen molar-refractivity contribution in [3.63, 3.8) is 0 Å². The minimum Gasteiger partial charge on any atom is -0.379 e. The van der Waals surface area contributed by atoms with E-state index in [1.165, 1.54) is 6.07 Å². The van der Waals surface area contributed by atoms with E-state index in [0.29, 0.717) is 17.3 Å². The second kappa shape index (κ2) is 10.7. The molecule has 8 heteroatoms. The maximum atomic E-state index is 13.4. The Morgan fingerprint density at radius 3 is 2.71 bits per heavy atom. The van der Waals surface area contributed by atoms with Gasteiger partial charge in [0.15, 0.2) is 5.11 Å². The molecule has 2 heterocycles. The molecule has 0 atom stereocenters. The molecule has 1 aromatic carbocycles. The van der Waals surface area contributed by atoms with Gasteiger partial charge in [-0.25, -0.2) is 4.39 Å². The lowest BCUT2D eigenvalue weighted by atomic mass is 10.2. The first kappa shape index (κ1) is 20.9. The van der Waals surface area contributed by atoms with Crippen molar-refractivity contribution in [2.24, 2.45) is 0 Å². The first-order valence-corrected chi connectivity index (χ1v) is 10.1. The molecule has 0 unspecified atom stereocenters. The molecule has 1 saturated heterocycles. The van der Waals surface area contributed by atoms with Crippen LogP contribution in [0.4, 0.5) is 10.1 Å². The summed E-state index contributed by atoms with van der Waals surface area (Å²) >= 11 is 11.5. The van der Waals surface area contributed by atoms with Crippen LogP contribution in [0.3, 0.4) is 0 Å². The van der Waals surface area contributed by atoms with E-state index in [1.54, 1.807) is 24.5 Å². The molecule has 1 aliphatic rings. The molecule has 0 spiro atoms. The van der Waals surface area contributed by atoms with Crippen molar-refractivity contribution in [1.82, 2.24) is 14.8 Å². The summed E-state index contributed by atoms with van der Waals surface area (Å²) in [5.74, 6) is -0.447. The zero-order valence-electron chi connectivity index (χ0n) is 15.6. The molecular formula is C20H24ClFN4OS. The summed E-state index contributed by atoms with van der Waals surface area (Å²) < 4.78 is 18.8. The number of aromatic nitrogens is 1. The number of benzene rings is 1. The normalized spacial score (nSPS) is 14.6. The number of thiocarbonyl (C=S) groups is 1. The van der Waals surface area contributed by atoms with Crippen molar-refractivity contribution in [1.29, 1.82) is 0 Å². The Balaban J connectivity index is 1.61. The maximum absolute atomic E-state index is 13.4. The summed E-state index contributed by atoms with van der Waals surface area (Å²) in [4.78, 5) is 8.59. The largest absolute Gasteiger partial charge is 0.379 e. The molecule has 1 aromatic heterocycles. The van der Waals surface area contributed by atoms with Crippen molar-refractivity contribution in [2.45, 2.75) is 13.0 Å². The Kier molecular flexibility index (Phi) is 7.97. The molecule has 2 aromatic rings. The molecule has 150 valence electrons. The highest BCUT2D eigenvalue weighted by Gasteiger charge is 2.14. The second-order valence-electron chi connectivity index (χ2n) is 6.64. The number of anilines is 1. The number of hydrogen-bond donors (Lipinski definition) is 1. The lowest BCUT2D eigenvalue weighted by molar-refractivity contribution is 0.0368. The van der Waals surface area contributed by atoms with Crippen LogP contribution in [0.5, 0.6) is 0 Å². The molecule has 0 amide bonds. The number of nitrogens with one attached hydrogen (secondary N) is 1. The third-order valence-corrected chi connectivity index (χ3v) is 5.24. The number of hydrogen-bond acceptors (Lipinski definition) is 4. The smallest absolute Gasteiger partial charge is 0.173 e. The van der Waals surface area contributed by atoms with E-state index in [4.69, 9.17) is 28.6 Å². The predicted octanol–water partition coefficient (Wildman–Crippen LogP) is 3.80. The van der Waals surface area contributed by atoms with Crippen molar-refractivity contribution >= 4 is 34.6 Å². The number of nitrogens with zero attached hydrogens (tertiary/aromatic N) is 3. The topological polar surface area (TPSA) is 40.6 Å². The van der Waals surface area contributed by atoms with Crippen molar-refractivity contribution in [3.8, 4) is 0 Å². The van der Waals surface area contributed by atoms with Gasteiger partial charge in [0.25, 0.3) is 0 Å². The monoisotopic (exact) mass is 422 g/mol. The number of rotatable bonds is 7. The van der Waals surface area contributed by atoms with Crippen LogP contribution in [0.15, 0.2) is 42.7 Å². The Morgan fingerprint density at radius 2 is 2.00 bits per heavy atom. The van der Waals surface area contributed by atoms with Crippen molar-refractivity contribution < 1.29 is 9.13 Å². The molecule has 28 heavy (non-hydrogen) atoms. The molecule has 1 N–H and O–H groups in total. The molecule has 0 radical (unpaired) electrons. The standard InChI is InChI=1S/C20H24ClFN4OS/c21-18-14-17(2-3-19(18)22)24-20(28)26(15-16-4-6-23-7-5-16)9-1-8-25-10-12-27-13-11-25/h2-7,14H,1,8-13,15H2,(H,24,28). The Morgan fingerprint density at radius 1 is 1.25 bits per heavy atom. The van der Waals surface area contributed by atoms with E-state index >= 15 is 0 Å². The minimum absolute atomic E-state index is 0.0702. The Bertz CT molecular complexity index is 774. The summed E-state index contributed by atoms with van der Waals surface area (Å²) in [6, 6.07) is 8.46. The summed E-state index contributed by atoms with van der Waals surface area (Å²) in [5.41, 5.74) is 1.80. The van der Waals surface area contributed by atoms with Gasteiger partial charge >= 0.3 is 0 Å². The summed E-state index contributed by atoms with van der Waals surface area (Å²) in [6.07, 6.45) is 4.53. The SMILES string of the molecule is Fc1ccc(NC(=S)N(CCCN2CCOCC2)Cc2ccncc2)cc1Cl. The number of ether oxygens (including phenoxy) is 1. The van der Waals surface area contributed by atoms with Crippen molar-refractivity contribution in [2.75, 3.05) is 44.7 Å². The number of pyridine rings is 1. The van der Waals surface area contributed by atoms with Gasteiger partial charge in [-0.2, -0.15) is 0 Å². The minimum atomic E-state index is -0.447. The lowest BCUT2D eigenvalue weighted by Crippen LogP contribution is -2.40. The van der Waals surface area contributed by atoms with Crippen LogP contribution in [-0.4, -0.2) is 59.3 Å².